The van der Waals surface area contributed by atoms with Crippen molar-refractivity contribution in [1.29, 1.82) is 0 Å². The van der Waals surface area contributed by atoms with Gasteiger partial charge in [0.25, 0.3) is 0 Å². The van der Waals surface area contributed by atoms with Crippen LogP contribution >= 0.6 is 0 Å². The lowest BCUT2D eigenvalue weighted by molar-refractivity contribution is -0.166. The highest BCUT2D eigenvalue weighted by Crippen LogP contribution is 2.16. The van der Waals surface area contributed by atoms with Gasteiger partial charge in [0.2, 0.25) is 0 Å². The van der Waals surface area contributed by atoms with Gasteiger partial charge in [0, 0.05) is 12.8 Å². The van der Waals surface area contributed by atoms with E-state index in [0.717, 1.165) is 122 Å². The largest absolute Gasteiger partial charge is 0.462 e. The number of hydrogen-bond donors (Lipinski definition) is 0. The Hall–Kier alpha value is -4.45. The highest BCUT2D eigenvalue weighted by Gasteiger charge is 2.19. The van der Waals surface area contributed by atoms with E-state index in [2.05, 4.69) is 142 Å². The molecule has 0 aliphatic rings. The van der Waals surface area contributed by atoms with E-state index in [1.54, 1.807) is 6.08 Å². The van der Waals surface area contributed by atoms with Crippen molar-refractivity contribution in [2.45, 2.75) is 271 Å². The Morgan fingerprint density at radius 3 is 0.880 bits per heavy atom. The van der Waals surface area contributed by atoms with Gasteiger partial charge in [-0.1, -0.05) is 270 Å². The fraction of sp³-hybridized carbons (Fsp3) is 0.638. The number of hydrogen-bond acceptors (Lipinski definition) is 6. The minimum atomic E-state index is -0.842. The smallest absolute Gasteiger partial charge is 0.310 e. The Balaban J connectivity index is 4.30. The van der Waals surface area contributed by atoms with E-state index in [9.17, 15) is 14.4 Å². The number of carbonyl (C=O) groups excluding carboxylic acids is 3. The van der Waals surface area contributed by atoms with Crippen LogP contribution in [0.4, 0.5) is 0 Å². The molecular weight excluding hydrogens is 925 g/mol. The summed E-state index contributed by atoms with van der Waals surface area (Å²) in [6.07, 6.45) is 87.8. The molecule has 0 aliphatic heterocycles. The minimum absolute atomic E-state index is 0.0903. The molecule has 1 atom stereocenters. The number of carbonyl (C=O) groups is 3. The van der Waals surface area contributed by atoms with Gasteiger partial charge in [-0.15, -0.1) is 0 Å². The van der Waals surface area contributed by atoms with E-state index in [1.165, 1.54) is 96.3 Å². The molecule has 0 aromatic heterocycles. The van der Waals surface area contributed by atoms with Gasteiger partial charge in [0.1, 0.15) is 13.2 Å². The monoisotopic (exact) mass is 1040 g/mol. The van der Waals surface area contributed by atoms with E-state index in [4.69, 9.17) is 14.2 Å². The van der Waals surface area contributed by atoms with Crippen LogP contribution in [0.2, 0.25) is 0 Å². The van der Waals surface area contributed by atoms with Gasteiger partial charge in [-0.2, -0.15) is 0 Å². The standard InChI is InChI=1S/C69H112O6/c1-4-7-10-13-16-19-22-25-27-28-29-30-31-32-33-34-35-36-37-38-39-40-42-44-47-50-53-56-59-62-68(71)74-65-66(64-73-67(70)61-58-55-52-49-46-43-24-21-18-15-12-9-6-3)75-69(72)63-60-57-54-51-48-45-41-26-23-20-17-14-11-8-5-2/h7-8,10-12,15-17,19-21,24-27,29-30,41,48,51,57,60,66H,4-6,9,13-14,18,22-23,28,31-40,42-47,49-50,52-56,58-59,61-65H2,1-3H3/b10-7-,11-8-,15-12-,19-16-,20-17-,24-21-,27-25-,30-29-,41-26-,51-48-,60-57-. The van der Waals surface area contributed by atoms with Gasteiger partial charge in [0.05, 0.1) is 6.42 Å². The summed E-state index contributed by atoms with van der Waals surface area (Å²) in [6, 6.07) is 0. The van der Waals surface area contributed by atoms with Crippen LogP contribution in [0.5, 0.6) is 0 Å². The first-order valence-electron chi connectivity index (χ1n) is 30.7. The third kappa shape index (κ3) is 60.3. The van der Waals surface area contributed by atoms with Crippen molar-refractivity contribution in [3.05, 3.63) is 134 Å². The number of unbranched alkanes of at least 4 members (excludes halogenated alkanes) is 22. The number of ether oxygens (including phenoxy) is 3. The highest BCUT2D eigenvalue weighted by molar-refractivity contribution is 5.72. The van der Waals surface area contributed by atoms with Gasteiger partial charge < -0.3 is 14.2 Å². The Kier molecular flexibility index (Phi) is 58.4. The topological polar surface area (TPSA) is 78.9 Å². The first-order chi connectivity index (χ1) is 37.0. The molecule has 0 amide bonds. The summed E-state index contributed by atoms with van der Waals surface area (Å²) in [7, 11) is 0. The fourth-order valence-corrected chi connectivity index (χ4v) is 8.14. The minimum Gasteiger partial charge on any atom is -0.462 e. The molecule has 0 rings (SSSR count). The average Bonchev–Trinajstić information content (AvgIpc) is 3.41. The summed E-state index contributed by atoms with van der Waals surface area (Å²) >= 11 is 0. The van der Waals surface area contributed by atoms with Gasteiger partial charge in [-0.05, 0) is 109 Å². The molecular formula is C69H112O6. The second-order valence-electron chi connectivity index (χ2n) is 19.9. The average molecular weight is 1040 g/mol. The molecule has 6 nitrogen and oxygen atoms in total. The molecule has 0 bridgehead atoms. The second-order valence-corrected chi connectivity index (χ2v) is 19.9. The Morgan fingerprint density at radius 2 is 0.560 bits per heavy atom. The molecule has 0 heterocycles. The summed E-state index contributed by atoms with van der Waals surface area (Å²) in [5.41, 5.74) is 0. The van der Waals surface area contributed by atoms with Crippen molar-refractivity contribution < 1.29 is 28.6 Å². The zero-order valence-electron chi connectivity index (χ0n) is 48.5. The van der Waals surface area contributed by atoms with E-state index >= 15 is 0 Å². The molecule has 0 aliphatic carbocycles. The summed E-state index contributed by atoms with van der Waals surface area (Å²) in [4.78, 5) is 38.1. The molecule has 0 N–H and O–H groups in total. The number of esters is 3. The third-order valence-corrected chi connectivity index (χ3v) is 12.6. The third-order valence-electron chi connectivity index (χ3n) is 12.6. The molecule has 0 radical (unpaired) electrons. The normalized spacial score (nSPS) is 13.1. The maximum Gasteiger partial charge on any atom is 0.310 e. The Morgan fingerprint density at radius 1 is 0.293 bits per heavy atom. The molecule has 0 saturated carbocycles. The maximum atomic E-state index is 12.8. The Labute approximate surface area is 462 Å². The van der Waals surface area contributed by atoms with Crippen LogP contribution in [0.25, 0.3) is 0 Å². The first kappa shape index (κ1) is 70.5. The van der Waals surface area contributed by atoms with Crippen molar-refractivity contribution >= 4 is 17.9 Å². The summed E-state index contributed by atoms with van der Waals surface area (Å²) < 4.78 is 16.7. The SMILES string of the molecule is CC/C=C\C/C=C\C/C=C\C/C=C\C/C=C\CC(=O)OC(COC(=O)CCCCCCC/C=C\C/C=C\CCC)COC(=O)CCCCCCCCCCCCCCCCCC/C=C\C/C=C\C/C=C\C/C=C\CC. The molecule has 424 valence electrons. The van der Waals surface area contributed by atoms with Crippen LogP contribution in [-0.2, 0) is 28.6 Å². The molecule has 6 heteroatoms. The number of rotatable bonds is 54. The van der Waals surface area contributed by atoms with Gasteiger partial charge >= 0.3 is 17.9 Å². The molecule has 0 fully saturated rings. The molecule has 0 saturated heterocycles. The fourth-order valence-electron chi connectivity index (χ4n) is 8.14. The van der Waals surface area contributed by atoms with Crippen molar-refractivity contribution in [3.63, 3.8) is 0 Å². The molecule has 0 aromatic rings. The van der Waals surface area contributed by atoms with E-state index in [1.807, 2.05) is 6.08 Å². The van der Waals surface area contributed by atoms with Crippen LogP contribution in [0, 0.1) is 0 Å². The zero-order chi connectivity index (χ0) is 54.3. The van der Waals surface area contributed by atoms with Gasteiger partial charge in [-0.3, -0.25) is 14.4 Å². The highest BCUT2D eigenvalue weighted by atomic mass is 16.6. The van der Waals surface area contributed by atoms with Crippen molar-refractivity contribution in [3.8, 4) is 0 Å². The molecule has 0 spiro atoms. The van der Waals surface area contributed by atoms with Crippen molar-refractivity contribution in [2.24, 2.45) is 0 Å². The van der Waals surface area contributed by atoms with E-state index in [-0.39, 0.29) is 31.6 Å². The maximum absolute atomic E-state index is 12.8. The van der Waals surface area contributed by atoms with Gasteiger partial charge in [-0.25, -0.2) is 0 Å². The second kappa shape index (κ2) is 62.1. The lowest BCUT2D eigenvalue weighted by Crippen LogP contribution is -2.30. The summed E-state index contributed by atoms with van der Waals surface area (Å²) in [5, 5.41) is 0. The Bertz CT molecular complexity index is 1620. The van der Waals surface area contributed by atoms with E-state index < -0.39 is 12.1 Å². The van der Waals surface area contributed by atoms with Crippen LogP contribution in [0.3, 0.4) is 0 Å². The number of allylic oxidation sites excluding steroid dienone is 21. The lowest BCUT2D eigenvalue weighted by Gasteiger charge is -2.18. The molecule has 0 aromatic carbocycles. The van der Waals surface area contributed by atoms with Crippen LogP contribution in [-0.4, -0.2) is 37.2 Å². The summed E-state index contributed by atoms with van der Waals surface area (Å²) in [6.45, 7) is 6.25. The predicted molar refractivity (Wildman–Crippen MR) is 325 cm³/mol. The predicted octanol–water partition coefficient (Wildman–Crippen LogP) is 21.0. The molecule has 75 heavy (non-hydrogen) atoms. The van der Waals surface area contributed by atoms with E-state index in [0.29, 0.717) is 19.3 Å². The lowest BCUT2D eigenvalue weighted by atomic mass is 10.0. The molecule has 1 unspecified atom stereocenters. The van der Waals surface area contributed by atoms with Crippen LogP contribution < -0.4 is 0 Å². The quantitative estimate of drug-likeness (QED) is 0.0261. The van der Waals surface area contributed by atoms with Gasteiger partial charge in [0.15, 0.2) is 6.10 Å². The first-order valence-corrected chi connectivity index (χ1v) is 30.7. The van der Waals surface area contributed by atoms with Crippen LogP contribution in [0.15, 0.2) is 134 Å². The summed E-state index contributed by atoms with van der Waals surface area (Å²) in [5.74, 6) is -1.07. The zero-order valence-corrected chi connectivity index (χ0v) is 48.5. The van der Waals surface area contributed by atoms with Crippen molar-refractivity contribution in [1.82, 2.24) is 0 Å². The van der Waals surface area contributed by atoms with Crippen molar-refractivity contribution in [2.75, 3.05) is 13.2 Å². The van der Waals surface area contributed by atoms with Crippen LogP contribution in [0.1, 0.15) is 265 Å².